The van der Waals surface area contributed by atoms with Gasteiger partial charge in [0.1, 0.15) is 0 Å². The van der Waals surface area contributed by atoms with Crippen molar-refractivity contribution in [2.45, 2.75) is 116 Å². The van der Waals surface area contributed by atoms with Crippen LogP contribution in [0.5, 0.6) is 0 Å². The quantitative estimate of drug-likeness (QED) is 0.150. The van der Waals surface area contributed by atoms with Gasteiger partial charge in [0, 0.05) is 6.54 Å². The largest absolute Gasteiger partial charge is 0.355 e. The van der Waals surface area contributed by atoms with Crippen LogP contribution in [0.3, 0.4) is 0 Å². The highest BCUT2D eigenvalue weighted by atomic mass is 35.5. The molecule has 0 atom stereocenters. The summed E-state index contributed by atoms with van der Waals surface area (Å²) in [4.78, 5) is 23.2. The molecule has 0 unspecified atom stereocenters. The van der Waals surface area contributed by atoms with Crippen molar-refractivity contribution in [1.82, 2.24) is 16.0 Å². The van der Waals surface area contributed by atoms with Gasteiger partial charge in [0.05, 0.1) is 13.1 Å². The summed E-state index contributed by atoms with van der Waals surface area (Å²) in [6.07, 6.45) is 22.6. The van der Waals surface area contributed by atoms with Crippen molar-refractivity contribution in [3.63, 3.8) is 0 Å². The van der Waals surface area contributed by atoms with Gasteiger partial charge in [0.2, 0.25) is 11.8 Å². The maximum atomic E-state index is 11.7. The van der Waals surface area contributed by atoms with Gasteiger partial charge in [-0.1, -0.05) is 103 Å². The zero-order chi connectivity index (χ0) is 22.8. The van der Waals surface area contributed by atoms with E-state index >= 15 is 0 Å². The number of carbonyl (C=O) groups is 2. The maximum Gasteiger partial charge on any atom is 0.239 e. The number of carbonyl (C=O) groups excluding carboxylic acids is 2. The topological polar surface area (TPSA) is 96.2 Å². The zero-order valence-electron chi connectivity index (χ0n) is 20.9. The van der Waals surface area contributed by atoms with Crippen molar-refractivity contribution < 1.29 is 9.59 Å². The Balaban J connectivity index is 0. The third kappa shape index (κ3) is 27.2. The normalized spacial score (nSPS) is 10.6. The summed E-state index contributed by atoms with van der Waals surface area (Å²) in [6, 6.07) is 0. The van der Waals surface area contributed by atoms with Gasteiger partial charge < -0.3 is 21.7 Å². The molecule has 6 nitrogen and oxygen atoms in total. The summed E-state index contributed by atoms with van der Waals surface area (Å²) in [7, 11) is 0. The predicted molar refractivity (Wildman–Crippen MR) is 139 cm³/mol. The molecule has 0 heterocycles. The Morgan fingerprint density at radius 2 is 1.00 bits per heavy atom. The molecule has 0 spiro atoms. The Morgan fingerprint density at radius 3 is 1.47 bits per heavy atom. The van der Waals surface area contributed by atoms with Gasteiger partial charge in [0.15, 0.2) is 0 Å². The molecule has 0 saturated carbocycles. The Kier molecular flexibility index (Phi) is 29.3. The molecule has 0 aromatic rings. The first-order valence-electron chi connectivity index (χ1n) is 13.1. The van der Waals surface area contributed by atoms with E-state index in [4.69, 9.17) is 5.73 Å². The van der Waals surface area contributed by atoms with Crippen LogP contribution in [0.15, 0.2) is 0 Å². The van der Waals surface area contributed by atoms with Crippen LogP contribution in [0.25, 0.3) is 0 Å². The van der Waals surface area contributed by atoms with Crippen molar-refractivity contribution in [3.8, 4) is 0 Å². The fourth-order valence-electron chi connectivity index (χ4n) is 3.63. The molecule has 0 rings (SSSR count). The van der Waals surface area contributed by atoms with Gasteiger partial charge in [0.25, 0.3) is 0 Å². The Labute approximate surface area is 204 Å². The lowest BCUT2D eigenvalue weighted by Crippen LogP contribution is -2.41. The summed E-state index contributed by atoms with van der Waals surface area (Å²) in [5.74, 6) is -0.301. The minimum Gasteiger partial charge on any atom is -0.355 e. The molecule has 0 saturated heterocycles. The van der Waals surface area contributed by atoms with Gasteiger partial charge >= 0.3 is 0 Å². The highest BCUT2D eigenvalue weighted by Gasteiger charge is 2.04. The molecule has 0 radical (unpaired) electrons. The fraction of sp³-hybridized carbons (Fsp3) is 0.920. The van der Waals surface area contributed by atoms with E-state index in [9.17, 15) is 9.59 Å². The molecular formula is C25H53ClN4O2. The third-order valence-corrected chi connectivity index (χ3v) is 5.64. The van der Waals surface area contributed by atoms with Gasteiger partial charge in [-0.3, -0.25) is 9.59 Å². The van der Waals surface area contributed by atoms with E-state index in [1.165, 1.54) is 96.3 Å². The molecule has 0 aromatic heterocycles. The van der Waals surface area contributed by atoms with Crippen LogP contribution < -0.4 is 21.7 Å². The molecule has 0 aliphatic heterocycles. The Morgan fingerprint density at radius 1 is 0.562 bits per heavy atom. The Bertz CT molecular complexity index is 411. The first-order valence-corrected chi connectivity index (χ1v) is 13.1. The first kappa shape index (κ1) is 33.3. The molecule has 7 heteroatoms. The molecule has 0 aromatic carbocycles. The van der Waals surface area contributed by atoms with E-state index in [1.807, 2.05) is 0 Å². The number of nitrogens with one attached hydrogen (secondary N) is 3. The summed E-state index contributed by atoms with van der Waals surface area (Å²) in [6.45, 7) is 4.55. The summed E-state index contributed by atoms with van der Waals surface area (Å²) in [5.41, 5.74) is 5.37. The lowest BCUT2D eigenvalue weighted by atomic mass is 10.0. The highest BCUT2D eigenvalue weighted by Crippen LogP contribution is 2.13. The molecule has 0 bridgehead atoms. The van der Waals surface area contributed by atoms with Crippen LogP contribution in [-0.4, -0.2) is 44.5 Å². The average Bonchev–Trinajstić information content (AvgIpc) is 2.77. The van der Waals surface area contributed by atoms with Crippen molar-refractivity contribution in [1.29, 1.82) is 0 Å². The van der Waals surface area contributed by atoms with Crippen molar-refractivity contribution in [3.05, 3.63) is 0 Å². The molecule has 2 amide bonds. The molecule has 0 aliphatic carbocycles. The second kappa shape index (κ2) is 28.2. The van der Waals surface area contributed by atoms with Crippen LogP contribution >= 0.6 is 12.4 Å². The van der Waals surface area contributed by atoms with Crippen LogP contribution in [0.4, 0.5) is 0 Å². The summed E-state index contributed by atoms with van der Waals surface area (Å²) in [5, 5.41) is 8.48. The molecule has 32 heavy (non-hydrogen) atoms. The van der Waals surface area contributed by atoms with Gasteiger partial charge in [-0.25, -0.2) is 0 Å². The molecule has 5 N–H and O–H groups in total. The van der Waals surface area contributed by atoms with E-state index in [-0.39, 0.29) is 37.3 Å². The third-order valence-electron chi connectivity index (χ3n) is 5.64. The lowest BCUT2D eigenvalue weighted by molar-refractivity contribution is -0.125. The number of hydrogen-bond donors (Lipinski definition) is 4. The van der Waals surface area contributed by atoms with Crippen molar-refractivity contribution in [2.75, 3.05) is 32.7 Å². The SMILES string of the molecule is CCCCCCCCCCCCCCCCCCNCC(=O)NCC(=O)NCCCN.Cl. The maximum absolute atomic E-state index is 11.7. The number of nitrogens with two attached hydrogens (primary N) is 1. The zero-order valence-corrected chi connectivity index (χ0v) is 21.7. The predicted octanol–water partition coefficient (Wildman–Crippen LogP) is 4.84. The second-order valence-electron chi connectivity index (χ2n) is 8.75. The van der Waals surface area contributed by atoms with Crippen LogP contribution in [-0.2, 0) is 9.59 Å². The van der Waals surface area contributed by atoms with E-state index in [2.05, 4.69) is 22.9 Å². The lowest BCUT2D eigenvalue weighted by Gasteiger charge is -2.07. The first-order chi connectivity index (χ1) is 15.2. The number of hydrogen-bond acceptors (Lipinski definition) is 4. The molecular weight excluding hydrogens is 424 g/mol. The van der Waals surface area contributed by atoms with Crippen molar-refractivity contribution in [2.24, 2.45) is 5.73 Å². The van der Waals surface area contributed by atoms with Gasteiger partial charge in [-0.15, -0.1) is 12.4 Å². The minimum absolute atomic E-state index is 0. The summed E-state index contributed by atoms with van der Waals surface area (Å²) < 4.78 is 0. The van der Waals surface area contributed by atoms with E-state index in [1.54, 1.807) is 0 Å². The number of rotatable bonds is 24. The van der Waals surface area contributed by atoms with E-state index in [0.29, 0.717) is 13.1 Å². The summed E-state index contributed by atoms with van der Waals surface area (Å²) >= 11 is 0. The standard InChI is InChI=1S/C25H52N4O2.ClH/c1-2-3-4-5-6-7-8-9-10-11-12-13-14-15-16-17-20-27-22-24(30)29-23-25(31)28-21-18-19-26;/h27H,2-23,26H2,1H3,(H,28,31)(H,29,30);1H. The molecule has 192 valence electrons. The molecule has 0 aliphatic rings. The van der Waals surface area contributed by atoms with E-state index < -0.39 is 0 Å². The Hall–Kier alpha value is -0.850. The van der Waals surface area contributed by atoms with Crippen molar-refractivity contribution >= 4 is 24.2 Å². The smallest absolute Gasteiger partial charge is 0.239 e. The van der Waals surface area contributed by atoms with Crippen LogP contribution in [0.1, 0.15) is 116 Å². The highest BCUT2D eigenvalue weighted by molar-refractivity contribution is 5.85. The number of halogens is 1. The second-order valence-corrected chi connectivity index (χ2v) is 8.75. The monoisotopic (exact) mass is 476 g/mol. The number of unbranched alkanes of at least 4 members (excludes halogenated alkanes) is 15. The van der Waals surface area contributed by atoms with E-state index in [0.717, 1.165) is 19.4 Å². The van der Waals surface area contributed by atoms with Gasteiger partial charge in [-0.2, -0.15) is 0 Å². The van der Waals surface area contributed by atoms with Crippen LogP contribution in [0.2, 0.25) is 0 Å². The average molecular weight is 477 g/mol. The number of amides is 2. The molecule has 0 fully saturated rings. The van der Waals surface area contributed by atoms with Gasteiger partial charge in [-0.05, 0) is 25.9 Å². The minimum atomic E-state index is -0.167. The van der Waals surface area contributed by atoms with Crippen LogP contribution in [0, 0.1) is 0 Å². The fourth-order valence-corrected chi connectivity index (χ4v) is 3.63.